The van der Waals surface area contributed by atoms with Crippen molar-refractivity contribution in [3.63, 3.8) is 0 Å². The predicted molar refractivity (Wildman–Crippen MR) is 100 cm³/mol. The minimum absolute atomic E-state index is 0.132. The highest BCUT2D eigenvalue weighted by Gasteiger charge is 2.27. The standard InChI is InChI=1S/C16H24FIN2OSi/c1-16(2,3)11(10-21-22(4)5)9-20-14-7-6-12(17)8-13(14)15(18)19-20/h6-8,11,22H,9-10H2,1-5H3. The third-order valence-electron chi connectivity index (χ3n) is 3.92. The molecule has 1 atom stereocenters. The van der Waals surface area contributed by atoms with E-state index in [1.165, 1.54) is 6.07 Å². The summed E-state index contributed by atoms with van der Waals surface area (Å²) in [5, 5.41) is 5.49. The molecule has 0 radical (unpaired) electrons. The summed E-state index contributed by atoms with van der Waals surface area (Å²) < 4.78 is 22.3. The van der Waals surface area contributed by atoms with Crippen LogP contribution in [0, 0.1) is 20.9 Å². The Balaban J connectivity index is 2.30. The Morgan fingerprint density at radius 1 is 1.36 bits per heavy atom. The van der Waals surface area contributed by atoms with E-state index in [2.05, 4.69) is 61.6 Å². The monoisotopic (exact) mass is 434 g/mol. The van der Waals surface area contributed by atoms with Gasteiger partial charge < -0.3 is 4.43 Å². The van der Waals surface area contributed by atoms with Crippen molar-refractivity contribution in [2.45, 2.75) is 40.4 Å². The van der Waals surface area contributed by atoms with Gasteiger partial charge in [-0.25, -0.2) is 4.39 Å². The van der Waals surface area contributed by atoms with Gasteiger partial charge in [-0.05, 0) is 59.3 Å². The van der Waals surface area contributed by atoms with Crippen LogP contribution in [0.3, 0.4) is 0 Å². The maximum Gasteiger partial charge on any atom is 0.170 e. The minimum Gasteiger partial charge on any atom is -0.420 e. The fourth-order valence-electron chi connectivity index (χ4n) is 2.35. The fraction of sp³-hybridized carbons (Fsp3) is 0.562. The molecule has 2 aromatic rings. The van der Waals surface area contributed by atoms with E-state index in [1.54, 1.807) is 6.07 Å². The molecular formula is C16H24FIN2OSi. The highest BCUT2D eigenvalue weighted by molar-refractivity contribution is 14.1. The van der Waals surface area contributed by atoms with Crippen LogP contribution in [0.15, 0.2) is 18.2 Å². The van der Waals surface area contributed by atoms with Crippen molar-refractivity contribution in [2.24, 2.45) is 11.3 Å². The average molecular weight is 434 g/mol. The summed E-state index contributed by atoms with van der Waals surface area (Å²) >= 11 is 2.17. The van der Waals surface area contributed by atoms with E-state index in [0.717, 1.165) is 27.8 Å². The maximum atomic E-state index is 13.4. The van der Waals surface area contributed by atoms with Gasteiger partial charge in [0.1, 0.15) is 9.52 Å². The summed E-state index contributed by atoms with van der Waals surface area (Å²) in [6.07, 6.45) is 0. The van der Waals surface area contributed by atoms with Crippen molar-refractivity contribution < 1.29 is 8.82 Å². The maximum absolute atomic E-state index is 13.4. The van der Waals surface area contributed by atoms with Crippen LogP contribution in [0.2, 0.25) is 13.1 Å². The number of hydrogen-bond donors (Lipinski definition) is 0. The Morgan fingerprint density at radius 2 is 2.05 bits per heavy atom. The topological polar surface area (TPSA) is 27.1 Å². The van der Waals surface area contributed by atoms with Gasteiger partial charge in [0.15, 0.2) is 9.04 Å². The molecule has 0 amide bonds. The molecule has 0 spiro atoms. The molecule has 0 fully saturated rings. The molecule has 1 unspecified atom stereocenters. The zero-order valence-electron chi connectivity index (χ0n) is 13.9. The lowest BCUT2D eigenvalue weighted by Gasteiger charge is -2.31. The van der Waals surface area contributed by atoms with Crippen LogP contribution in [-0.2, 0) is 11.0 Å². The lowest BCUT2D eigenvalue weighted by molar-refractivity contribution is 0.127. The van der Waals surface area contributed by atoms with E-state index >= 15 is 0 Å². The summed E-state index contributed by atoms with van der Waals surface area (Å²) in [6.45, 7) is 12.6. The average Bonchev–Trinajstić information content (AvgIpc) is 2.69. The molecule has 0 bridgehead atoms. The Labute approximate surface area is 147 Å². The summed E-state index contributed by atoms with van der Waals surface area (Å²) in [5.74, 6) is 0.151. The largest absolute Gasteiger partial charge is 0.420 e. The Hall–Kier alpha value is -0.473. The predicted octanol–water partition coefficient (Wildman–Crippen LogP) is 4.44. The first-order valence-electron chi connectivity index (χ1n) is 7.61. The molecule has 22 heavy (non-hydrogen) atoms. The number of nitrogens with zero attached hydrogens (tertiary/aromatic N) is 2. The molecule has 0 aliphatic carbocycles. The normalized spacial score (nSPS) is 14.0. The second-order valence-corrected chi connectivity index (χ2v) is 10.5. The Bertz CT molecular complexity index is 651. The van der Waals surface area contributed by atoms with Crippen molar-refractivity contribution in [3.05, 3.63) is 27.7 Å². The number of hydrogen-bond acceptors (Lipinski definition) is 2. The van der Waals surface area contributed by atoms with Gasteiger partial charge >= 0.3 is 0 Å². The van der Waals surface area contributed by atoms with E-state index in [4.69, 9.17) is 4.43 Å². The number of aromatic nitrogens is 2. The smallest absolute Gasteiger partial charge is 0.170 e. The van der Waals surface area contributed by atoms with Crippen LogP contribution in [0.5, 0.6) is 0 Å². The minimum atomic E-state index is -1.04. The molecule has 0 saturated carbocycles. The molecule has 6 heteroatoms. The van der Waals surface area contributed by atoms with Crippen molar-refractivity contribution in [3.8, 4) is 0 Å². The van der Waals surface area contributed by atoms with E-state index in [0.29, 0.717) is 5.92 Å². The summed E-state index contributed by atoms with van der Waals surface area (Å²) in [7, 11) is -1.04. The van der Waals surface area contributed by atoms with Crippen molar-refractivity contribution in [1.82, 2.24) is 9.78 Å². The van der Waals surface area contributed by atoms with E-state index in [1.807, 2.05) is 10.7 Å². The lowest BCUT2D eigenvalue weighted by atomic mass is 9.81. The summed E-state index contributed by atoms with van der Waals surface area (Å²) in [6, 6.07) is 4.88. The van der Waals surface area contributed by atoms with Crippen LogP contribution in [-0.4, -0.2) is 25.4 Å². The van der Waals surface area contributed by atoms with E-state index in [9.17, 15) is 4.39 Å². The van der Waals surface area contributed by atoms with Crippen molar-refractivity contribution >= 4 is 42.5 Å². The first kappa shape index (κ1) is 17.9. The zero-order chi connectivity index (χ0) is 16.5. The Morgan fingerprint density at radius 3 is 2.64 bits per heavy atom. The van der Waals surface area contributed by atoms with Gasteiger partial charge in [0.25, 0.3) is 0 Å². The number of rotatable bonds is 5. The van der Waals surface area contributed by atoms with Crippen molar-refractivity contribution in [1.29, 1.82) is 0 Å². The second-order valence-electron chi connectivity index (χ2n) is 7.08. The number of halogens is 2. The molecule has 0 saturated heterocycles. The second kappa shape index (κ2) is 6.96. The van der Waals surface area contributed by atoms with Crippen LogP contribution in [0.25, 0.3) is 10.9 Å². The molecule has 3 nitrogen and oxygen atoms in total. The number of benzene rings is 1. The molecule has 1 aromatic heterocycles. The van der Waals surface area contributed by atoms with Gasteiger partial charge in [-0.15, -0.1) is 0 Å². The molecule has 122 valence electrons. The van der Waals surface area contributed by atoms with Gasteiger partial charge in [-0.2, -0.15) is 5.10 Å². The first-order valence-corrected chi connectivity index (χ1v) is 11.5. The highest BCUT2D eigenvalue weighted by atomic mass is 127. The van der Waals surface area contributed by atoms with E-state index < -0.39 is 9.04 Å². The van der Waals surface area contributed by atoms with Gasteiger partial charge in [-0.3, -0.25) is 4.68 Å². The third kappa shape index (κ3) is 4.29. The SMILES string of the molecule is C[SiH](C)OCC(Cn1nc(I)c2cc(F)ccc21)C(C)(C)C. The quantitative estimate of drug-likeness (QED) is 0.514. The molecular weight excluding hydrogens is 410 g/mol. The van der Waals surface area contributed by atoms with Gasteiger partial charge in [0.2, 0.25) is 0 Å². The first-order chi connectivity index (χ1) is 10.2. The molecule has 1 heterocycles. The lowest BCUT2D eigenvalue weighted by Crippen LogP contribution is -2.31. The molecule has 0 aliphatic rings. The Kier molecular flexibility index (Phi) is 5.66. The number of fused-ring (bicyclic) bond motifs is 1. The summed E-state index contributed by atoms with van der Waals surface area (Å²) in [4.78, 5) is 0. The van der Waals surface area contributed by atoms with Crippen molar-refractivity contribution in [2.75, 3.05) is 6.61 Å². The van der Waals surface area contributed by atoms with Gasteiger partial charge in [0, 0.05) is 24.5 Å². The summed E-state index contributed by atoms with van der Waals surface area (Å²) in [5.41, 5.74) is 1.12. The highest BCUT2D eigenvalue weighted by Crippen LogP contribution is 2.30. The van der Waals surface area contributed by atoms with Gasteiger partial charge in [-0.1, -0.05) is 20.8 Å². The molecule has 0 N–H and O–H groups in total. The van der Waals surface area contributed by atoms with Crippen LogP contribution >= 0.6 is 22.6 Å². The van der Waals surface area contributed by atoms with Crippen LogP contribution in [0.4, 0.5) is 4.39 Å². The van der Waals surface area contributed by atoms with E-state index in [-0.39, 0.29) is 11.2 Å². The van der Waals surface area contributed by atoms with Crippen LogP contribution < -0.4 is 0 Å². The van der Waals surface area contributed by atoms with Crippen LogP contribution in [0.1, 0.15) is 20.8 Å². The molecule has 2 rings (SSSR count). The molecule has 1 aromatic carbocycles. The fourth-order valence-corrected chi connectivity index (χ4v) is 3.66. The third-order valence-corrected chi connectivity index (χ3v) is 5.57. The zero-order valence-corrected chi connectivity index (χ0v) is 17.2. The molecule has 0 aliphatic heterocycles. The van der Waals surface area contributed by atoms with Gasteiger partial charge in [0.05, 0.1) is 5.52 Å².